The summed E-state index contributed by atoms with van der Waals surface area (Å²) in [5.74, 6) is 1.00. The topological polar surface area (TPSA) is 105 Å². The summed E-state index contributed by atoms with van der Waals surface area (Å²) in [6.07, 6.45) is 1.38. The molecule has 0 aliphatic heterocycles. The average molecular weight is 543 g/mol. The number of hydrazone groups is 1. The van der Waals surface area contributed by atoms with E-state index in [9.17, 15) is 9.59 Å². The van der Waals surface area contributed by atoms with Crippen LogP contribution in [0.2, 0.25) is 0 Å². The number of rotatable bonds is 9. The van der Waals surface area contributed by atoms with Crippen molar-refractivity contribution < 1.29 is 33.3 Å². The van der Waals surface area contributed by atoms with Crippen molar-refractivity contribution in [2.24, 2.45) is 5.10 Å². The number of nitrogens with zero attached hydrogens (tertiary/aromatic N) is 1. The Hall–Kier alpha value is -4.05. The van der Waals surface area contributed by atoms with E-state index in [0.717, 1.165) is 4.47 Å². The van der Waals surface area contributed by atoms with E-state index in [1.54, 1.807) is 48.5 Å². The van der Waals surface area contributed by atoms with Gasteiger partial charge in [-0.1, -0.05) is 15.9 Å². The van der Waals surface area contributed by atoms with Gasteiger partial charge in [0.25, 0.3) is 5.91 Å². The molecule has 0 unspecified atom stereocenters. The average Bonchev–Trinajstić information content (AvgIpc) is 2.88. The van der Waals surface area contributed by atoms with Crippen LogP contribution in [0, 0.1) is 0 Å². The van der Waals surface area contributed by atoms with Crippen LogP contribution < -0.4 is 29.1 Å². The normalized spacial score (nSPS) is 10.5. The Morgan fingerprint density at radius 3 is 1.89 bits per heavy atom. The Labute approximate surface area is 210 Å². The highest BCUT2D eigenvalue weighted by Gasteiger charge is 2.15. The third kappa shape index (κ3) is 6.30. The second kappa shape index (κ2) is 11.9. The van der Waals surface area contributed by atoms with Crippen molar-refractivity contribution >= 4 is 34.0 Å². The molecule has 3 aromatic rings. The molecule has 0 radical (unpaired) electrons. The van der Waals surface area contributed by atoms with Gasteiger partial charge in [0.15, 0.2) is 23.0 Å². The van der Waals surface area contributed by atoms with Crippen molar-refractivity contribution in [2.75, 3.05) is 28.4 Å². The van der Waals surface area contributed by atoms with E-state index < -0.39 is 11.9 Å². The summed E-state index contributed by atoms with van der Waals surface area (Å²) >= 11 is 3.38. The van der Waals surface area contributed by atoms with Gasteiger partial charge in [-0.15, -0.1) is 0 Å². The second-order valence-electron chi connectivity index (χ2n) is 6.91. The fourth-order valence-corrected chi connectivity index (χ4v) is 3.42. The van der Waals surface area contributed by atoms with Crippen LogP contribution in [-0.4, -0.2) is 46.5 Å². The molecule has 182 valence electrons. The molecule has 0 saturated heterocycles. The third-order valence-electron chi connectivity index (χ3n) is 4.81. The number of hydrogen-bond donors (Lipinski definition) is 1. The van der Waals surface area contributed by atoms with Crippen molar-refractivity contribution in [1.82, 2.24) is 5.43 Å². The number of halogens is 1. The van der Waals surface area contributed by atoms with Crippen LogP contribution in [0.4, 0.5) is 0 Å². The molecule has 0 aliphatic carbocycles. The molecular weight excluding hydrogens is 520 g/mol. The molecule has 0 heterocycles. The molecular formula is C25H23BrN2O7. The van der Waals surface area contributed by atoms with Gasteiger partial charge in [-0.25, -0.2) is 10.2 Å². The number of benzene rings is 3. The molecule has 0 spiro atoms. The summed E-state index contributed by atoms with van der Waals surface area (Å²) in [6, 6.07) is 14.5. The lowest BCUT2D eigenvalue weighted by molar-refractivity contribution is 0.0733. The number of carbonyl (C=O) groups excluding carboxylic acids is 2. The number of methoxy groups -OCH3 is 4. The number of nitrogens with one attached hydrogen (secondary N) is 1. The number of esters is 1. The van der Waals surface area contributed by atoms with E-state index in [2.05, 4.69) is 26.5 Å². The standard InChI is InChI=1S/C25H23BrN2O7/c1-31-20-8-5-15(12-22(20)33-3)24(29)28-27-14-17-11-18(26)7-10-19(17)35-25(30)16-6-9-21(32-2)23(13-16)34-4/h5-14H,1-4H3,(H,28,29)/b27-14-. The van der Waals surface area contributed by atoms with E-state index in [1.165, 1.54) is 40.7 Å². The van der Waals surface area contributed by atoms with Gasteiger partial charge in [-0.05, 0) is 54.6 Å². The van der Waals surface area contributed by atoms with Gasteiger partial charge in [-0.2, -0.15) is 5.10 Å². The smallest absolute Gasteiger partial charge is 0.343 e. The van der Waals surface area contributed by atoms with Crippen LogP contribution in [0.5, 0.6) is 28.7 Å². The van der Waals surface area contributed by atoms with Crippen molar-refractivity contribution in [3.8, 4) is 28.7 Å². The molecule has 0 fully saturated rings. The van der Waals surface area contributed by atoms with Gasteiger partial charge in [0.1, 0.15) is 5.75 Å². The molecule has 0 aliphatic rings. The third-order valence-corrected chi connectivity index (χ3v) is 5.30. The Bertz CT molecular complexity index is 1260. The predicted octanol–water partition coefficient (Wildman–Crippen LogP) is 4.47. The van der Waals surface area contributed by atoms with Crippen LogP contribution in [0.25, 0.3) is 0 Å². The highest BCUT2D eigenvalue weighted by molar-refractivity contribution is 9.10. The molecule has 1 N–H and O–H groups in total. The lowest BCUT2D eigenvalue weighted by Crippen LogP contribution is -2.18. The van der Waals surface area contributed by atoms with Gasteiger partial charge in [-0.3, -0.25) is 4.79 Å². The number of carbonyl (C=O) groups is 2. The zero-order valence-corrected chi connectivity index (χ0v) is 21.0. The van der Waals surface area contributed by atoms with Gasteiger partial charge in [0.05, 0.1) is 40.2 Å². The van der Waals surface area contributed by atoms with Crippen LogP contribution in [0.1, 0.15) is 26.3 Å². The van der Waals surface area contributed by atoms with Gasteiger partial charge < -0.3 is 23.7 Å². The summed E-state index contributed by atoms with van der Waals surface area (Å²) in [4.78, 5) is 25.2. The number of ether oxygens (including phenoxy) is 5. The molecule has 3 aromatic carbocycles. The minimum Gasteiger partial charge on any atom is -0.493 e. The molecule has 9 nitrogen and oxygen atoms in total. The monoisotopic (exact) mass is 542 g/mol. The molecule has 0 aromatic heterocycles. The maximum atomic E-state index is 12.7. The van der Waals surface area contributed by atoms with Crippen molar-refractivity contribution in [3.63, 3.8) is 0 Å². The molecule has 1 amide bonds. The van der Waals surface area contributed by atoms with Crippen LogP contribution >= 0.6 is 15.9 Å². The number of amides is 1. The van der Waals surface area contributed by atoms with Crippen molar-refractivity contribution in [3.05, 3.63) is 75.8 Å². The zero-order chi connectivity index (χ0) is 25.4. The first-order valence-corrected chi connectivity index (χ1v) is 11.0. The van der Waals surface area contributed by atoms with E-state index >= 15 is 0 Å². The Morgan fingerprint density at radius 1 is 0.743 bits per heavy atom. The highest BCUT2D eigenvalue weighted by Crippen LogP contribution is 2.29. The summed E-state index contributed by atoms with van der Waals surface area (Å²) in [5.41, 5.74) is 3.50. The Morgan fingerprint density at radius 2 is 1.29 bits per heavy atom. The summed E-state index contributed by atoms with van der Waals surface area (Å²) in [7, 11) is 5.98. The molecule has 0 bridgehead atoms. The fraction of sp³-hybridized carbons (Fsp3) is 0.160. The minimum atomic E-state index is -0.600. The first-order valence-electron chi connectivity index (χ1n) is 10.2. The SMILES string of the molecule is COc1ccc(C(=O)N/N=C\c2cc(Br)ccc2OC(=O)c2ccc(OC)c(OC)c2)cc1OC. The molecule has 3 rings (SSSR count). The van der Waals surface area contributed by atoms with Crippen LogP contribution in [-0.2, 0) is 0 Å². The largest absolute Gasteiger partial charge is 0.493 e. The molecule has 35 heavy (non-hydrogen) atoms. The maximum absolute atomic E-state index is 12.7. The fourth-order valence-electron chi connectivity index (χ4n) is 3.04. The van der Waals surface area contributed by atoms with Gasteiger partial charge >= 0.3 is 5.97 Å². The van der Waals surface area contributed by atoms with E-state index in [-0.39, 0.29) is 11.3 Å². The van der Waals surface area contributed by atoms with Crippen LogP contribution in [0.15, 0.2) is 64.2 Å². The summed E-state index contributed by atoms with van der Waals surface area (Å²) in [5, 5.41) is 4.00. The van der Waals surface area contributed by atoms with Gasteiger partial charge in [0.2, 0.25) is 0 Å². The first-order chi connectivity index (χ1) is 16.9. The minimum absolute atomic E-state index is 0.247. The summed E-state index contributed by atoms with van der Waals surface area (Å²) < 4.78 is 27.1. The lowest BCUT2D eigenvalue weighted by Gasteiger charge is -2.11. The zero-order valence-electron chi connectivity index (χ0n) is 19.5. The quantitative estimate of drug-likeness (QED) is 0.184. The lowest BCUT2D eigenvalue weighted by atomic mass is 10.2. The summed E-state index contributed by atoms with van der Waals surface area (Å²) in [6.45, 7) is 0. The number of hydrogen-bond acceptors (Lipinski definition) is 8. The Kier molecular flexibility index (Phi) is 8.69. The predicted molar refractivity (Wildman–Crippen MR) is 133 cm³/mol. The highest BCUT2D eigenvalue weighted by atomic mass is 79.9. The Balaban J connectivity index is 1.76. The van der Waals surface area contributed by atoms with E-state index in [1.807, 2.05) is 0 Å². The first kappa shape index (κ1) is 25.6. The van der Waals surface area contributed by atoms with Crippen LogP contribution in [0.3, 0.4) is 0 Å². The molecule has 0 saturated carbocycles. The van der Waals surface area contributed by atoms with Gasteiger partial charge in [0, 0.05) is 15.6 Å². The maximum Gasteiger partial charge on any atom is 0.343 e. The van der Waals surface area contributed by atoms with E-state index in [4.69, 9.17) is 23.7 Å². The van der Waals surface area contributed by atoms with Crippen molar-refractivity contribution in [1.29, 1.82) is 0 Å². The second-order valence-corrected chi connectivity index (χ2v) is 7.83. The van der Waals surface area contributed by atoms with Crippen molar-refractivity contribution in [2.45, 2.75) is 0 Å². The molecule has 0 atom stereocenters. The molecule has 10 heteroatoms. The van der Waals surface area contributed by atoms with E-state index in [0.29, 0.717) is 34.1 Å².